The van der Waals surface area contributed by atoms with E-state index in [0.29, 0.717) is 34.6 Å². The number of nitrogens with zero attached hydrogens (tertiary/aromatic N) is 5. The lowest BCUT2D eigenvalue weighted by Gasteiger charge is -2.36. The van der Waals surface area contributed by atoms with Crippen molar-refractivity contribution in [1.82, 2.24) is 9.97 Å². The first-order valence-corrected chi connectivity index (χ1v) is 16.0. The molecule has 0 saturated heterocycles. The summed E-state index contributed by atoms with van der Waals surface area (Å²) in [5.41, 5.74) is 6.56. The molecule has 200 valence electrons. The number of hydrogen-bond acceptors (Lipinski definition) is 8. The van der Waals surface area contributed by atoms with Crippen molar-refractivity contribution in [3.8, 4) is 6.19 Å². The minimum absolute atomic E-state index is 0.0535. The molecule has 0 unspecified atom stereocenters. The maximum Gasteiger partial charge on any atom is 0.284 e. The Morgan fingerprint density at radius 1 is 1.16 bits per heavy atom. The number of benzene rings is 1. The SMILES string of the molecule is Cc1nc(C(=O)N(c2ccc(N(C#N)CCO[Si](C)(C)C(C)(C)C)cc2)c2ccc(Cl)cn2)c(C(N)=O)s1. The van der Waals surface area contributed by atoms with Crippen molar-refractivity contribution in [1.29, 1.82) is 5.26 Å². The van der Waals surface area contributed by atoms with Gasteiger partial charge in [-0.3, -0.25) is 19.4 Å². The molecule has 2 aromatic heterocycles. The lowest BCUT2D eigenvalue weighted by molar-refractivity contribution is 0.0966. The maximum absolute atomic E-state index is 13.7. The second kappa shape index (κ2) is 11.6. The van der Waals surface area contributed by atoms with Gasteiger partial charge in [0.2, 0.25) is 0 Å². The van der Waals surface area contributed by atoms with E-state index in [4.69, 9.17) is 21.8 Å². The third kappa shape index (κ3) is 6.57. The lowest BCUT2D eigenvalue weighted by atomic mass is 10.2. The number of halogens is 1. The first-order chi connectivity index (χ1) is 17.7. The van der Waals surface area contributed by atoms with Gasteiger partial charge in [-0.1, -0.05) is 32.4 Å². The van der Waals surface area contributed by atoms with E-state index in [9.17, 15) is 14.9 Å². The number of pyridine rings is 1. The molecular formula is C26H31ClN6O3SSi. The van der Waals surface area contributed by atoms with Crippen LogP contribution in [0.5, 0.6) is 0 Å². The van der Waals surface area contributed by atoms with Crippen molar-refractivity contribution < 1.29 is 14.0 Å². The van der Waals surface area contributed by atoms with Gasteiger partial charge in [-0.25, -0.2) is 9.97 Å². The molecule has 3 rings (SSSR count). The first kappa shape index (κ1) is 29.3. The fraction of sp³-hybridized carbons (Fsp3) is 0.346. The fourth-order valence-electron chi connectivity index (χ4n) is 3.33. The predicted molar refractivity (Wildman–Crippen MR) is 154 cm³/mol. The summed E-state index contributed by atoms with van der Waals surface area (Å²) in [6.45, 7) is 13.4. The molecule has 1 aromatic carbocycles. The molecule has 12 heteroatoms. The molecule has 9 nitrogen and oxygen atoms in total. The molecular weight excluding hydrogens is 540 g/mol. The molecule has 38 heavy (non-hydrogen) atoms. The third-order valence-electron chi connectivity index (χ3n) is 6.43. The molecule has 0 aliphatic carbocycles. The Labute approximate surface area is 233 Å². The number of hydrogen-bond donors (Lipinski definition) is 1. The van der Waals surface area contributed by atoms with E-state index in [0.717, 1.165) is 11.3 Å². The van der Waals surface area contributed by atoms with Crippen LogP contribution < -0.4 is 15.5 Å². The van der Waals surface area contributed by atoms with E-state index >= 15 is 0 Å². The van der Waals surface area contributed by atoms with Gasteiger partial charge in [-0.05, 0) is 61.5 Å². The van der Waals surface area contributed by atoms with Crippen LogP contribution in [0.1, 0.15) is 45.9 Å². The van der Waals surface area contributed by atoms with Gasteiger partial charge >= 0.3 is 0 Å². The van der Waals surface area contributed by atoms with Crippen LogP contribution in [-0.4, -0.2) is 43.3 Å². The molecule has 2 N–H and O–H groups in total. The number of rotatable bonds is 9. The monoisotopic (exact) mass is 570 g/mol. The van der Waals surface area contributed by atoms with Gasteiger partial charge in [0.1, 0.15) is 10.7 Å². The average molecular weight is 571 g/mol. The molecule has 0 atom stereocenters. The number of nitrogens with two attached hydrogens (primary N) is 1. The Morgan fingerprint density at radius 2 is 1.79 bits per heavy atom. The topological polar surface area (TPSA) is 125 Å². The van der Waals surface area contributed by atoms with Crippen LogP contribution in [0.3, 0.4) is 0 Å². The third-order valence-corrected chi connectivity index (χ3v) is 12.2. The van der Waals surface area contributed by atoms with Crippen LogP contribution in [0.2, 0.25) is 23.2 Å². The predicted octanol–water partition coefficient (Wildman–Crippen LogP) is 5.89. The zero-order valence-electron chi connectivity index (χ0n) is 22.3. The fourth-order valence-corrected chi connectivity index (χ4v) is 5.23. The summed E-state index contributed by atoms with van der Waals surface area (Å²) in [7, 11) is -1.94. The summed E-state index contributed by atoms with van der Waals surface area (Å²) < 4.78 is 6.22. The van der Waals surface area contributed by atoms with Crippen molar-refractivity contribution in [2.45, 2.75) is 45.8 Å². The summed E-state index contributed by atoms with van der Waals surface area (Å²) in [6.07, 6.45) is 3.63. The van der Waals surface area contributed by atoms with Gasteiger partial charge in [0.25, 0.3) is 11.8 Å². The van der Waals surface area contributed by atoms with Gasteiger partial charge in [-0.2, -0.15) is 5.26 Å². The second-order valence-electron chi connectivity index (χ2n) is 10.1. The number of anilines is 3. The van der Waals surface area contributed by atoms with Crippen molar-refractivity contribution in [3.05, 3.63) is 63.2 Å². The highest BCUT2D eigenvalue weighted by Gasteiger charge is 2.37. The molecule has 2 heterocycles. The molecule has 2 amide bonds. The maximum atomic E-state index is 13.7. The van der Waals surface area contributed by atoms with Gasteiger partial charge < -0.3 is 10.2 Å². The van der Waals surface area contributed by atoms with Gasteiger partial charge in [0, 0.05) is 6.20 Å². The smallest absolute Gasteiger partial charge is 0.284 e. The zero-order chi connectivity index (χ0) is 28.3. The molecule has 3 aromatic rings. The molecule has 0 aliphatic rings. The Morgan fingerprint density at radius 3 is 2.32 bits per heavy atom. The molecule has 0 bridgehead atoms. The number of primary amides is 1. The van der Waals surface area contributed by atoms with Crippen LogP contribution in [0.15, 0.2) is 42.6 Å². The van der Waals surface area contributed by atoms with Crippen molar-refractivity contribution in [2.75, 3.05) is 23.0 Å². The Bertz CT molecular complexity index is 1350. The summed E-state index contributed by atoms with van der Waals surface area (Å²) in [6, 6.07) is 10.1. The minimum Gasteiger partial charge on any atom is -0.415 e. The Balaban J connectivity index is 1.91. The highest BCUT2D eigenvalue weighted by atomic mass is 35.5. The summed E-state index contributed by atoms with van der Waals surface area (Å²) in [5.74, 6) is -1.01. The Kier molecular flexibility index (Phi) is 8.94. The molecule has 0 fully saturated rings. The molecule has 0 aliphatic heterocycles. The Hall–Kier alpha value is -3.30. The largest absolute Gasteiger partial charge is 0.415 e. The highest BCUT2D eigenvalue weighted by molar-refractivity contribution is 7.14. The van der Waals surface area contributed by atoms with E-state index in [1.807, 2.05) is 0 Å². The standard InChI is InChI=1S/C26H31ClN6O3SSi/c1-17-31-22(23(37-17)24(29)34)25(35)33(21-12-7-18(27)15-30-21)20-10-8-19(9-11-20)32(16-28)13-14-36-38(5,6)26(2,3)4/h7-12,15H,13-14H2,1-6H3,(H2,29,34). The van der Waals surface area contributed by atoms with Crippen LogP contribution in [0, 0.1) is 18.4 Å². The van der Waals surface area contributed by atoms with Crippen LogP contribution in [0.25, 0.3) is 0 Å². The van der Waals surface area contributed by atoms with E-state index in [2.05, 4.69) is 50.0 Å². The van der Waals surface area contributed by atoms with Crippen molar-refractivity contribution in [2.24, 2.45) is 5.73 Å². The normalized spacial score (nSPS) is 11.6. The first-order valence-electron chi connectivity index (χ1n) is 11.9. The number of amides is 2. The molecule has 0 radical (unpaired) electrons. The highest BCUT2D eigenvalue weighted by Crippen LogP contribution is 2.36. The lowest BCUT2D eigenvalue weighted by Crippen LogP contribution is -2.42. The van der Waals surface area contributed by atoms with Gasteiger partial charge in [0.15, 0.2) is 20.2 Å². The number of thiazole rings is 1. The summed E-state index contributed by atoms with van der Waals surface area (Å²) in [5, 5.41) is 10.8. The van der Waals surface area contributed by atoms with Gasteiger partial charge in [-0.15, -0.1) is 11.3 Å². The van der Waals surface area contributed by atoms with Crippen LogP contribution in [0.4, 0.5) is 17.2 Å². The van der Waals surface area contributed by atoms with E-state index < -0.39 is 20.1 Å². The summed E-state index contributed by atoms with van der Waals surface area (Å²) in [4.78, 5) is 37.2. The van der Waals surface area contributed by atoms with E-state index in [1.165, 1.54) is 11.1 Å². The van der Waals surface area contributed by atoms with Crippen LogP contribution >= 0.6 is 22.9 Å². The van der Waals surface area contributed by atoms with Gasteiger partial charge in [0.05, 0.1) is 34.6 Å². The molecule has 0 saturated carbocycles. The van der Waals surface area contributed by atoms with Crippen molar-refractivity contribution in [3.63, 3.8) is 0 Å². The number of carbonyl (C=O) groups is 2. The number of carbonyl (C=O) groups excluding carboxylic acids is 2. The summed E-state index contributed by atoms with van der Waals surface area (Å²) >= 11 is 7.07. The quantitative estimate of drug-likeness (QED) is 0.193. The number of aryl methyl sites for hydroxylation is 1. The molecule has 0 spiro atoms. The minimum atomic E-state index is -1.94. The van der Waals surface area contributed by atoms with E-state index in [-0.39, 0.29) is 21.4 Å². The number of nitriles is 1. The number of aromatic nitrogens is 2. The average Bonchev–Trinajstić information content (AvgIpc) is 3.25. The van der Waals surface area contributed by atoms with E-state index in [1.54, 1.807) is 48.2 Å². The second-order valence-corrected chi connectivity index (χ2v) is 16.6. The zero-order valence-corrected chi connectivity index (χ0v) is 24.9. The van der Waals surface area contributed by atoms with Crippen molar-refractivity contribution >= 4 is 60.3 Å². The van der Waals surface area contributed by atoms with Crippen LogP contribution in [-0.2, 0) is 4.43 Å².